The van der Waals surface area contributed by atoms with E-state index < -0.39 is 23.2 Å². The molecule has 25 heavy (non-hydrogen) atoms. The van der Waals surface area contributed by atoms with E-state index in [9.17, 15) is 20.1 Å². The van der Waals surface area contributed by atoms with E-state index in [-0.39, 0.29) is 11.0 Å². The maximum Gasteiger partial charge on any atom is 0.251 e. The standard InChI is InChI=1S/C18H24N2O5/c1-10-14(25-17(20-10)18(2,3)4)6-5-7-19-16(24)11-8-12(21)15(23)13(22)9-11/h8-9,21-23H,5-7H2,1-4H3,(H,19,24). The molecule has 1 heterocycles. The highest BCUT2D eigenvalue weighted by Gasteiger charge is 2.22. The van der Waals surface area contributed by atoms with Crippen LogP contribution in [0.25, 0.3) is 0 Å². The van der Waals surface area contributed by atoms with Crippen LogP contribution in [-0.4, -0.2) is 32.8 Å². The Balaban J connectivity index is 1.89. The van der Waals surface area contributed by atoms with E-state index in [0.717, 1.165) is 23.6 Å². The van der Waals surface area contributed by atoms with Gasteiger partial charge in [-0.2, -0.15) is 0 Å². The van der Waals surface area contributed by atoms with Crippen molar-refractivity contribution in [3.8, 4) is 17.2 Å². The van der Waals surface area contributed by atoms with Crippen LogP contribution in [0.2, 0.25) is 0 Å². The van der Waals surface area contributed by atoms with Crippen molar-refractivity contribution >= 4 is 5.91 Å². The molecule has 0 aliphatic carbocycles. The van der Waals surface area contributed by atoms with Crippen molar-refractivity contribution in [2.24, 2.45) is 0 Å². The fourth-order valence-corrected chi connectivity index (χ4v) is 2.27. The van der Waals surface area contributed by atoms with Gasteiger partial charge in [0.15, 0.2) is 23.1 Å². The molecule has 0 spiro atoms. The van der Waals surface area contributed by atoms with Gasteiger partial charge in [0.2, 0.25) is 0 Å². The molecule has 0 atom stereocenters. The molecule has 1 aromatic heterocycles. The number of phenols is 3. The van der Waals surface area contributed by atoms with E-state index in [1.54, 1.807) is 0 Å². The molecule has 0 saturated carbocycles. The number of benzene rings is 1. The third kappa shape index (κ3) is 4.43. The van der Waals surface area contributed by atoms with Gasteiger partial charge in [-0.1, -0.05) is 20.8 Å². The van der Waals surface area contributed by atoms with Gasteiger partial charge in [0.1, 0.15) is 5.76 Å². The lowest BCUT2D eigenvalue weighted by molar-refractivity contribution is 0.0952. The molecule has 0 aliphatic rings. The summed E-state index contributed by atoms with van der Waals surface area (Å²) in [5, 5.41) is 30.9. The predicted molar refractivity (Wildman–Crippen MR) is 92.0 cm³/mol. The van der Waals surface area contributed by atoms with Crippen molar-refractivity contribution in [3.05, 3.63) is 35.0 Å². The number of hydrogen-bond donors (Lipinski definition) is 4. The quantitative estimate of drug-likeness (QED) is 0.488. The lowest BCUT2D eigenvalue weighted by atomic mass is 9.97. The molecule has 2 aromatic rings. The molecule has 0 aliphatic heterocycles. The number of rotatable bonds is 5. The smallest absolute Gasteiger partial charge is 0.251 e. The van der Waals surface area contributed by atoms with E-state index in [1.807, 2.05) is 27.7 Å². The molecule has 1 aromatic carbocycles. The molecule has 136 valence electrons. The zero-order chi connectivity index (χ0) is 18.8. The number of nitrogens with one attached hydrogen (secondary N) is 1. The highest BCUT2D eigenvalue weighted by atomic mass is 16.4. The largest absolute Gasteiger partial charge is 0.504 e. The molecule has 7 nitrogen and oxygen atoms in total. The molecule has 0 unspecified atom stereocenters. The number of aryl methyl sites for hydroxylation is 2. The number of amides is 1. The summed E-state index contributed by atoms with van der Waals surface area (Å²) in [5.41, 5.74) is 0.767. The van der Waals surface area contributed by atoms with E-state index in [0.29, 0.717) is 25.3 Å². The molecule has 0 saturated heterocycles. The fourth-order valence-electron chi connectivity index (χ4n) is 2.27. The molecule has 1 amide bonds. The number of aromatic hydroxyl groups is 3. The zero-order valence-electron chi connectivity index (χ0n) is 14.9. The Bertz CT molecular complexity index is 751. The lowest BCUT2D eigenvalue weighted by Gasteiger charge is -2.12. The van der Waals surface area contributed by atoms with E-state index in [4.69, 9.17) is 4.42 Å². The normalized spacial score (nSPS) is 11.5. The van der Waals surface area contributed by atoms with Crippen molar-refractivity contribution in [2.75, 3.05) is 6.54 Å². The summed E-state index contributed by atoms with van der Waals surface area (Å²) in [4.78, 5) is 16.5. The highest BCUT2D eigenvalue weighted by Crippen LogP contribution is 2.35. The average molecular weight is 348 g/mol. The molecular formula is C18H24N2O5. The predicted octanol–water partition coefficient (Wildman–Crippen LogP) is 2.76. The molecule has 2 rings (SSSR count). The van der Waals surface area contributed by atoms with Crippen LogP contribution in [0.5, 0.6) is 17.2 Å². The Hall–Kier alpha value is -2.70. The molecule has 4 N–H and O–H groups in total. The number of nitrogens with zero attached hydrogens (tertiary/aromatic N) is 1. The van der Waals surface area contributed by atoms with Crippen molar-refractivity contribution in [2.45, 2.75) is 46.0 Å². The Morgan fingerprint density at radius 3 is 2.32 bits per heavy atom. The van der Waals surface area contributed by atoms with Crippen LogP contribution < -0.4 is 5.32 Å². The summed E-state index contributed by atoms with van der Waals surface area (Å²) in [6, 6.07) is 2.20. The van der Waals surface area contributed by atoms with Gasteiger partial charge in [-0.3, -0.25) is 4.79 Å². The third-order valence-electron chi connectivity index (χ3n) is 3.73. The number of carbonyl (C=O) groups is 1. The molecule has 0 fully saturated rings. The molecule has 0 bridgehead atoms. The van der Waals surface area contributed by atoms with Crippen LogP contribution in [0.3, 0.4) is 0 Å². The van der Waals surface area contributed by atoms with Crippen molar-refractivity contribution in [1.82, 2.24) is 10.3 Å². The minimum Gasteiger partial charge on any atom is -0.504 e. The monoisotopic (exact) mass is 348 g/mol. The zero-order valence-corrected chi connectivity index (χ0v) is 14.9. The van der Waals surface area contributed by atoms with Gasteiger partial charge < -0.3 is 25.1 Å². The summed E-state index contributed by atoms with van der Waals surface area (Å²) in [7, 11) is 0. The number of phenolic OH excluding ortho intramolecular Hbond substituents is 3. The Morgan fingerprint density at radius 1 is 1.20 bits per heavy atom. The van der Waals surface area contributed by atoms with Gasteiger partial charge in [0.05, 0.1) is 5.69 Å². The minimum atomic E-state index is -0.646. The number of oxazole rings is 1. The molecular weight excluding hydrogens is 324 g/mol. The minimum absolute atomic E-state index is 0.0682. The van der Waals surface area contributed by atoms with Gasteiger partial charge in [0.25, 0.3) is 5.91 Å². The molecule has 7 heteroatoms. The van der Waals surface area contributed by atoms with Crippen LogP contribution in [0, 0.1) is 6.92 Å². The van der Waals surface area contributed by atoms with Gasteiger partial charge in [-0.15, -0.1) is 0 Å². The topological polar surface area (TPSA) is 116 Å². The Labute approximate surface area is 146 Å². The maximum atomic E-state index is 12.0. The van der Waals surface area contributed by atoms with Crippen LogP contribution in [0.1, 0.15) is 54.9 Å². The van der Waals surface area contributed by atoms with Crippen LogP contribution in [0.4, 0.5) is 0 Å². The van der Waals surface area contributed by atoms with E-state index in [2.05, 4.69) is 10.3 Å². The molecule has 0 radical (unpaired) electrons. The summed E-state index contributed by atoms with van der Waals surface area (Å²) in [6.07, 6.45) is 1.29. The van der Waals surface area contributed by atoms with Crippen molar-refractivity contribution < 1.29 is 24.5 Å². The van der Waals surface area contributed by atoms with Gasteiger partial charge in [-0.25, -0.2) is 4.98 Å². The first kappa shape index (κ1) is 18.6. The van der Waals surface area contributed by atoms with E-state index >= 15 is 0 Å². The van der Waals surface area contributed by atoms with Gasteiger partial charge in [-0.05, 0) is 25.5 Å². The Kier molecular flexibility index (Phi) is 5.25. The summed E-state index contributed by atoms with van der Waals surface area (Å²) >= 11 is 0. The first-order valence-electron chi connectivity index (χ1n) is 8.09. The summed E-state index contributed by atoms with van der Waals surface area (Å²) < 4.78 is 5.80. The SMILES string of the molecule is Cc1nc(C(C)(C)C)oc1CCCNC(=O)c1cc(O)c(O)c(O)c1. The second-order valence-electron chi connectivity index (χ2n) is 7.00. The first-order chi connectivity index (χ1) is 11.6. The summed E-state index contributed by atoms with van der Waals surface area (Å²) in [6.45, 7) is 8.39. The third-order valence-corrected chi connectivity index (χ3v) is 3.73. The number of carbonyl (C=O) groups excluding carboxylic acids is 1. The summed E-state index contributed by atoms with van der Waals surface area (Å²) in [5.74, 6) is -0.685. The van der Waals surface area contributed by atoms with E-state index in [1.165, 1.54) is 0 Å². The van der Waals surface area contributed by atoms with Crippen LogP contribution >= 0.6 is 0 Å². The van der Waals surface area contributed by atoms with Gasteiger partial charge in [0, 0.05) is 23.9 Å². The second kappa shape index (κ2) is 7.04. The second-order valence-corrected chi connectivity index (χ2v) is 7.00. The fraction of sp³-hybridized carbons (Fsp3) is 0.444. The number of hydrogen-bond acceptors (Lipinski definition) is 6. The Morgan fingerprint density at radius 2 is 1.80 bits per heavy atom. The average Bonchev–Trinajstić information content (AvgIpc) is 2.89. The van der Waals surface area contributed by atoms with Crippen LogP contribution in [-0.2, 0) is 11.8 Å². The van der Waals surface area contributed by atoms with Gasteiger partial charge >= 0.3 is 0 Å². The first-order valence-corrected chi connectivity index (χ1v) is 8.09. The lowest BCUT2D eigenvalue weighted by Crippen LogP contribution is -2.24. The van der Waals surface area contributed by atoms with Crippen molar-refractivity contribution in [1.29, 1.82) is 0 Å². The number of aromatic nitrogens is 1. The van der Waals surface area contributed by atoms with Crippen molar-refractivity contribution in [3.63, 3.8) is 0 Å². The maximum absolute atomic E-state index is 12.0. The highest BCUT2D eigenvalue weighted by molar-refractivity contribution is 5.95. The van der Waals surface area contributed by atoms with Crippen LogP contribution in [0.15, 0.2) is 16.5 Å².